The molecule has 0 heterocycles. The van der Waals surface area contributed by atoms with Gasteiger partial charge >= 0.3 is 0 Å². The molecule has 0 unspecified atom stereocenters. The van der Waals surface area contributed by atoms with Crippen molar-refractivity contribution in [3.05, 3.63) is 0 Å². The molecule has 0 amide bonds. The van der Waals surface area contributed by atoms with Crippen LogP contribution in [0.5, 0.6) is 0 Å². The van der Waals surface area contributed by atoms with Crippen LogP contribution in [-0.2, 0) is 9.78 Å². The second kappa shape index (κ2) is 3.85. The van der Waals surface area contributed by atoms with Gasteiger partial charge in [0.25, 0.3) is 0 Å². The lowest BCUT2D eigenvalue weighted by molar-refractivity contribution is -0.294. The number of halogens is 1. The molecule has 0 aromatic rings. The zero-order valence-electron chi connectivity index (χ0n) is 2.90. The van der Waals surface area contributed by atoms with Gasteiger partial charge in [-0.3, -0.25) is 0 Å². The van der Waals surface area contributed by atoms with Gasteiger partial charge in [0.2, 0.25) is 6.86 Å². The van der Waals surface area contributed by atoms with Gasteiger partial charge in [-0.05, 0) is 0 Å². The third kappa shape index (κ3) is 3.85. The molecule has 0 radical (unpaired) electrons. The van der Waals surface area contributed by atoms with Gasteiger partial charge in [0.15, 0.2) is 0 Å². The molecule has 0 rings (SSSR count). The molecular weight excluding hydrogens is 75.0 g/mol. The molecule has 2 nitrogen and oxygen atoms in total. The highest BCUT2D eigenvalue weighted by atomic mass is 19.1. The van der Waals surface area contributed by atoms with Crippen molar-refractivity contribution in [2.45, 2.75) is 0 Å². The van der Waals surface area contributed by atoms with Crippen LogP contribution in [0.3, 0.4) is 0 Å². The summed E-state index contributed by atoms with van der Waals surface area (Å²) in [6, 6.07) is 0. The maximum absolute atomic E-state index is 10.6. The molecule has 0 saturated heterocycles. The first-order valence-corrected chi connectivity index (χ1v) is 1.13. The third-order valence-electron chi connectivity index (χ3n) is 0.162. The van der Waals surface area contributed by atoms with Crippen LogP contribution < -0.4 is 0 Å². The Hall–Kier alpha value is -0.150. The van der Waals surface area contributed by atoms with E-state index in [0.29, 0.717) is 0 Å². The molecule has 0 fully saturated rings. The monoisotopic (exact) mass is 80.0 g/mol. The van der Waals surface area contributed by atoms with Crippen molar-refractivity contribution < 1.29 is 14.2 Å². The minimum Gasteiger partial charge on any atom is -0.237 e. The molecule has 0 N–H and O–H groups in total. The van der Waals surface area contributed by atoms with E-state index in [9.17, 15) is 4.39 Å². The molecule has 0 saturated carbocycles. The van der Waals surface area contributed by atoms with E-state index in [1.165, 1.54) is 7.11 Å². The van der Waals surface area contributed by atoms with Gasteiger partial charge in [-0.1, -0.05) is 0 Å². The molecule has 0 aliphatic carbocycles. The van der Waals surface area contributed by atoms with E-state index >= 15 is 0 Å². The predicted molar refractivity (Wildman–Crippen MR) is 14.1 cm³/mol. The lowest BCUT2D eigenvalue weighted by Crippen LogP contribution is -1.81. The normalized spacial score (nSPS) is 8.40. The number of hydrogen-bond donors (Lipinski definition) is 0. The van der Waals surface area contributed by atoms with Gasteiger partial charge in [0, 0.05) is 0 Å². The largest absolute Gasteiger partial charge is 0.237 e. The molecule has 0 atom stereocenters. The highest BCUT2D eigenvalue weighted by Gasteiger charge is 1.67. The van der Waals surface area contributed by atoms with Crippen LogP contribution in [0.4, 0.5) is 4.39 Å². The zero-order valence-corrected chi connectivity index (χ0v) is 2.90. The van der Waals surface area contributed by atoms with Crippen molar-refractivity contribution in [1.29, 1.82) is 0 Å². The van der Waals surface area contributed by atoms with E-state index in [1.807, 2.05) is 0 Å². The Bertz CT molecular complexity index is 15.1. The first-order chi connectivity index (χ1) is 2.41. The van der Waals surface area contributed by atoms with Crippen LogP contribution in [0.25, 0.3) is 0 Å². The summed E-state index contributed by atoms with van der Waals surface area (Å²) in [5.74, 6) is 0. The Kier molecular flexibility index (Phi) is 3.73. The van der Waals surface area contributed by atoms with Gasteiger partial charge in [0.05, 0.1) is 7.11 Å². The topological polar surface area (TPSA) is 18.5 Å². The van der Waals surface area contributed by atoms with Crippen molar-refractivity contribution in [3.63, 3.8) is 0 Å². The van der Waals surface area contributed by atoms with Crippen LogP contribution in [0, 0.1) is 0 Å². The predicted octanol–water partition coefficient (Wildman–Crippen LogP) is 0.491. The summed E-state index contributed by atoms with van der Waals surface area (Å²) in [5.41, 5.74) is 0. The molecule has 0 aromatic heterocycles. The van der Waals surface area contributed by atoms with Crippen molar-refractivity contribution >= 4 is 0 Å². The zero-order chi connectivity index (χ0) is 4.12. The summed E-state index contributed by atoms with van der Waals surface area (Å²) in [5, 5.41) is 0. The molecule has 3 heteroatoms. The van der Waals surface area contributed by atoms with Gasteiger partial charge in [-0.2, -0.15) is 0 Å². The van der Waals surface area contributed by atoms with E-state index in [4.69, 9.17) is 0 Å². The fourth-order valence-electron chi connectivity index (χ4n) is 0.0445. The van der Waals surface area contributed by atoms with Gasteiger partial charge in [-0.15, -0.1) is 0 Å². The summed E-state index contributed by atoms with van der Waals surface area (Å²) in [6.45, 7) is -0.878. The Labute approximate surface area is 29.4 Å². The Morgan fingerprint density at radius 2 is 2.40 bits per heavy atom. The van der Waals surface area contributed by atoms with Gasteiger partial charge in [-0.25, -0.2) is 14.2 Å². The summed E-state index contributed by atoms with van der Waals surface area (Å²) in [7, 11) is 1.25. The summed E-state index contributed by atoms with van der Waals surface area (Å²) in [4.78, 5) is 7.48. The Balaban J connectivity index is 2.19. The second-order valence-electron chi connectivity index (χ2n) is 0.394. The molecular formula is C2H5FO2. The Morgan fingerprint density at radius 3 is 2.40 bits per heavy atom. The van der Waals surface area contributed by atoms with Gasteiger partial charge in [0.1, 0.15) is 0 Å². The van der Waals surface area contributed by atoms with Crippen molar-refractivity contribution in [3.8, 4) is 0 Å². The standard InChI is InChI=1S/C2H5FO2/c1-4-5-2-3/h2H2,1H3. The van der Waals surface area contributed by atoms with E-state index in [-0.39, 0.29) is 0 Å². The molecule has 5 heavy (non-hydrogen) atoms. The van der Waals surface area contributed by atoms with Crippen molar-refractivity contribution in [2.75, 3.05) is 14.0 Å². The number of rotatable bonds is 2. The molecule has 0 aliphatic rings. The molecule has 0 aromatic carbocycles. The molecule has 0 spiro atoms. The summed E-state index contributed by atoms with van der Waals surface area (Å²) >= 11 is 0. The van der Waals surface area contributed by atoms with Crippen LogP contribution in [0.15, 0.2) is 0 Å². The Morgan fingerprint density at radius 1 is 1.80 bits per heavy atom. The smallest absolute Gasteiger partial charge is 0.221 e. The maximum Gasteiger partial charge on any atom is 0.221 e. The highest BCUT2D eigenvalue weighted by Crippen LogP contribution is 1.68. The van der Waals surface area contributed by atoms with Crippen molar-refractivity contribution in [1.82, 2.24) is 0 Å². The molecule has 0 bridgehead atoms. The van der Waals surface area contributed by atoms with Crippen LogP contribution in [0.2, 0.25) is 0 Å². The molecule has 0 aliphatic heterocycles. The minimum atomic E-state index is -0.878. The van der Waals surface area contributed by atoms with Crippen LogP contribution in [0.1, 0.15) is 0 Å². The van der Waals surface area contributed by atoms with E-state index in [1.54, 1.807) is 0 Å². The van der Waals surface area contributed by atoms with Crippen LogP contribution >= 0.6 is 0 Å². The van der Waals surface area contributed by atoms with E-state index < -0.39 is 6.86 Å². The number of alkyl halides is 1. The average molecular weight is 80.1 g/mol. The van der Waals surface area contributed by atoms with Crippen LogP contribution in [-0.4, -0.2) is 14.0 Å². The minimum absolute atomic E-state index is 0.878. The fourth-order valence-corrected chi connectivity index (χ4v) is 0.0445. The average Bonchev–Trinajstić information content (AvgIpc) is 1.41. The van der Waals surface area contributed by atoms with E-state index in [0.717, 1.165) is 0 Å². The first kappa shape index (κ1) is 4.85. The lowest BCUT2D eigenvalue weighted by atomic mass is 11.6. The maximum atomic E-state index is 10.6. The fraction of sp³-hybridized carbons (Fsp3) is 1.00. The summed E-state index contributed by atoms with van der Waals surface area (Å²) < 4.78 is 10.6. The lowest BCUT2D eigenvalue weighted by Gasteiger charge is -1.83. The quantitative estimate of drug-likeness (QED) is 0.355. The summed E-state index contributed by atoms with van der Waals surface area (Å²) in [6.07, 6.45) is 0. The third-order valence-corrected chi connectivity index (χ3v) is 0.162. The first-order valence-electron chi connectivity index (χ1n) is 1.13. The highest BCUT2D eigenvalue weighted by molar-refractivity contribution is 3.67. The van der Waals surface area contributed by atoms with Crippen molar-refractivity contribution in [2.24, 2.45) is 0 Å². The SMILES string of the molecule is COOCF. The molecule has 32 valence electrons. The number of hydrogen-bond acceptors (Lipinski definition) is 2. The second-order valence-corrected chi connectivity index (χ2v) is 0.394. The van der Waals surface area contributed by atoms with E-state index in [2.05, 4.69) is 9.78 Å². The van der Waals surface area contributed by atoms with Gasteiger partial charge < -0.3 is 0 Å².